The first-order chi connectivity index (χ1) is 12.0. The summed E-state index contributed by atoms with van der Waals surface area (Å²) >= 11 is 0. The van der Waals surface area contributed by atoms with Gasteiger partial charge in [-0.25, -0.2) is 0 Å². The summed E-state index contributed by atoms with van der Waals surface area (Å²) in [7, 11) is 0. The van der Waals surface area contributed by atoms with Crippen LogP contribution in [-0.4, -0.2) is 39.4 Å². The number of nitrogens with two attached hydrogens (primary N) is 1. The molecule has 2 amide bonds. The molecular formula is C18H22N4O3. The molecule has 0 spiro atoms. The summed E-state index contributed by atoms with van der Waals surface area (Å²) in [6, 6.07) is 9.65. The number of likely N-dealkylation sites (tertiary alicyclic amines) is 1. The number of hydrogen-bond donors (Lipinski definition) is 1. The fraction of sp³-hybridized carbons (Fsp3) is 0.444. The smallest absolute Gasteiger partial charge is 0.227 e. The van der Waals surface area contributed by atoms with Crippen molar-refractivity contribution in [3.63, 3.8) is 0 Å². The van der Waals surface area contributed by atoms with Crippen molar-refractivity contribution in [2.45, 2.75) is 38.6 Å². The summed E-state index contributed by atoms with van der Waals surface area (Å²) in [5.74, 6) is 0.340. The third-order valence-electron chi connectivity index (χ3n) is 4.66. The van der Waals surface area contributed by atoms with Crippen molar-refractivity contribution in [3.05, 3.63) is 36.2 Å². The Morgan fingerprint density at radius 2 is 2.04 bits per heavy atom. The standard InChI is InChI=1S/C18H22N4O3/c1-12-7-8-14(17(19)24)11-22(12)16(23)10-9-15-20-18(21-25-15)13-5-3-2-4-6-13/h2-6,12,14H,7-11H2,1H3,(H2,19,24)/t12-,14+/m1/s1. The fourth-order valence-corrected chi connectivity index (χ4v) is 3.11. The van der Waals surface area contributed by atoms with Crippen LogP contribution in [0.25, 0.3) is 11.4 Å². The number of carbonyl (C=O) groups is 2. The van der Waals surface area contributed by atoms with Crippen molar-refractivity contribution >= 4 is 11.8 Å². The molecule has 1 aromatic carbocycles. The highest BCUT2D eigenvalue weighted by molar-refractivity contribution is 5.80. The summed E-state index contributed by atoms with van der Waals surface area (Å²) in [5.41, 5.74) is 6.26. The predicted octanol–water partition coefficient (Wildman–Crippen LogP) is 1.78. The third-order valence-corrected chi connectivity index (χ3v) is 4.66. The monoisotopic (exact) mass is 342 g/mol. The summed E-state index contributed by atoms with van der Waals surface area (Å²) in [4.78, 5) is 30.0. The molecule has 1 aromatic heterocycles. The number of rotatable bonds is 5. The highest BCUT2D eigenvalue weighted by atomic mass is 16.5. The average Bonchev–Trinajstić information content (AvgIpc) is 3.09. The SMILES string of the molecule is C[C@@H]1CC[C@H](C(N)=O)CN1C(=O)CCc1nc(-c2ccccc2)no1. The van der Waals surface area contributed by atoms with Gasteiger partial charge in [-0.15, -0.1) is 0 Å². The lowest BCUT2D eigenvalue weighted by Crippen LogP contribution is -2.48. The first-order valence-electron chi connectivity index (χ1n) is 8.51. The topological polar surface area (TPSA) is 102 Å². The minimum absolute atomic E-state index is 0.0158. The second-order valence-electron chi connectivity index (χ2n) is 6.45. The Morgan fingerprint density at radius 3 is 2.76 bits per heavy atom. The number of primary amides is 1. The van der Waals surface area contributed by atoms with E-state index in [0.29, 0.717) is 24.7 Å². The number of nitrogens with zero attached hydrogens (tertiary/aromatic N) is 3. The van der Waals surface area contributed by atoms with Gasteiger partial charge in [-0.2, -0.15) is 4.98 Å². The van der Waals surface area contributed by atoms with Crippen LogP contribution in [0.1, 0.15) is 32.1 Å². The number of amides is 2. The van der Waals surface area contributed by atoms with Crippen LogP contribution in [0.2, 0.25) is 0 Å². The minimum atomic E-state index is -0.339. The van der Waals surface area contributed by atoms with Crippen LogP contribution >= 0.6 is 0 Å². The van der Waals surface area contributed by atoms with Crippen LogP contribution in [0.4, 0.5) is 0 Å². The molecule has 0 aliphatic carbocycles. The number of benzene rings is 1. The molecule has 1 aliphatic heterocycles. The third kappa shape index (κ3) is 4.04. The summed E-state index contributed by atoms with van der Waals surface area (Å²) < 4.78 is 5.24. The van der Waals surface area contributed by atoms with Gasteiger partial charge in [0.25, 0.3) is 0 Å². The number of piperidine rings is 1. The second kappa shape index (κ2) is 7.46. The number of hydrogen-bond acceptors (Lipinski definition) is 5. The van der Waals surface area contributed by atoms with Gasteiger partial charge in [-0.1, -0.05) is 35.5 Å². The molecule has 2 aromatic rings. The molecule has 1 aliphatic rings. The Morgan fingerprint density at radius 1 is 1.28 bits per heavy atom. The molecule has 1 fully saturated rings. The van der Waals surface area contributed by atoms with Crippen LogP contribution in [0, 0.1) is 5.92 Å². The van der Waals surface area contributed by atoms with E-state index >= 15 is 0 Å². The highest BCUT2D eigenvalue weighted by Crippen LogP contribution is 2.23. The second-order valence-corrected chi connectivity index (χ2v) is 6.45. The van der Waals surface area contributed by atoms with Gasteiger partial charge in [0.15, 0.2) is 0 Å². The van der Waals surface area contributed by atoms with Crippen molar-refractivity contribution in [2.75, 3.05) is 6.54 Å². The maximum atomic E-state index is 12.5. The normalized spacial score (nSPS) is 20.4. The molecule has 25 heavy (non-hydrogen) atoms. The lowest BCUT2D eigenvalue weighted by Gasteiger charge is -2.37. The molecule has 7 nitrogen and oxygen atoms in total. The van der Waals surface area contributed by atoms with E-state index in [9.17, 15) is 9.59 Å². The van der Waals surface area contributed by atoms with Gasteiger partial charge in [-0.3, -0.25) is 9.59 Å². The molecule has 1 saturated heterocycles. The average molecular weight is 342 g/mol. The zero-order valence-corrected chi connectivity index (χ0v) is 14.2. The van der Waals surface area contributed by atoms with Crippen LogP contribution < -0.4 is 5.73 Å². The van der Waals surface area contributed by atoms with Crippen molar-refractivity contribution in [2.24, 2.45) is 11.7 Å². The van der Waals surface area contributed by atoms with E-state index in [1.165, 1.54) is 0 Å². The molecule has 2 N–H and O–H groups in total. The zero-order chi connectivity index (χ0) is 17.8. The molecule has 2 atom stereocenters. The van der Waals surface area contributed by atoms with Gasteiger partial charge in [0, 0.05) is 31.0 Å². The quantitative estimate of drug-likeness (QED) is 0.892. The molecule has 3 rings (SSSR count). The fourth-order valence-electron chi connectivity index (χ4n) is 3.11. The largest absolute Gasteiger partial charge is 0.369 e. The lowest BCUT2D eigenvalue weighted by atomic mass is 9.92. The predicted molar refractivity (Wildman–Crippen MR) is 91.1 cm³/mol. The van der Waals surface area contributed by atoms with E-state index in [4.69, 9.17) is 10.3 Å². The van der Waals surface area contributed by atoms with Crippen LogP contribution in [0.5, 0.6) is 0 Å². The zero-order valence-electron chi connectivity index (χ0n) is 14.2. The Hall–Kier alpha value is -2.70. The van der Waals surface area contributed by atoms with Crippen LogP contribution in [0.15, 0.2) is 34.9 Å². The van der Waals surface area contributed by atoms with Crippen LogP contribution in [-0.2, 0) is 16.0 Å². The molecule has 0 bridgehead atoms. The van der Waals surface area contributed by atoms with Gasteiger partial charge in [0.05, 0.1) is 5.92 Å². The van der Waals surface area contributed by atoms with Gasteiger partial charge in [0.1, 0.15) is 0 Å². The number of carbonyl (C=O) groups excluding carboxylic acids is 2. The van der Waals surface area contributed by atoms with E-state index < -0.39 is 0 Å². The van der Waals surface area contributed by atoms with Crippen molar-refractivity contribution in [1.82, 2.24) is 15.0 Å². The molecular weight excluding hydrogens is 320 g/mol. The van der Waals surface area contributed by atoms with E-state index in [1.807, 2.05) is 37.3 Å². The molecule has 0 radical (unpaired) electrons. The van der Waals surface area contributed by atoms with E-state index in [2.05, 4.69) is 10.1 Å². The summed E-state index contributed by atoms with van der Waals surface area (Å²) in [6.45, 7) is 2.39. The number of aromatic nitrogens is 2. The van der Waals surface area contributed by atoms with E-state index in [-0.39, 0.29) is 30.2 Å². The first-order valence-corrected chi connectivity index (χ1v) is 8.51. The lowest BCUT2D eigenvalue weighted by molar-refractivity contribution is -0.137. The van der Waals surface area contributed by atoms with E-state index in [1.54, 1.807) is 4.90 Å². The Bertz CT molecular complexity index is 744. The Kier molecular flexibility index (Phi) is 5.11. The van der Waals surface area contributed by atoms with Crippen molar-refractivity contribution in [1.29, 1.82) is 0 Å². The van der Waals surface area contributed by atoms with Crippen LogP contribution in [0.3, 0.4) is 0 Å². The Labute approximate surface area is 146 Å². The summed E-state index contributed by atoms with van der Waals surface area (Å²) in [6.07, 6.45) is 2.18. The highest BCUT2D eigenvalue weighted by Gasteiger charge is 2.31. The maximum Gasteiger partial charge on any atom is 0.227 e. The molecule has 0 saturated carbocycles. The molecule has 7 heteroatoms. The van der Waals surface area contributed by atoms with Gasteiger partial charge in [0.2, 0.25) is 23.5 Å². The van der Waals surface area contributed by atoms with Gasteiger partial charge in [-0.05, 0) is 19.8 Å². The van der Waals surface area contributed by atoms with E-state index in [0.717, 1.165) is 18.4 Å². The molecule has 132 valence electrons. The van der Waals surface area contributed by atoms with Gasteiger partial charge < -0.3 is 15.2 Å². The van der Waals surface area contributed by atoms with Crippen molar-refractivity contribution < 1.29 is 14.1 Å². The first kappa shape index (κ1) is 17.1. The molecule has 2 heterocycles. The molecule has 0 unspecified atom stereocenters. The maximum absolute atomic E-state index is 12.5. The summed E-state index contributed by atoms with van der Waals surface area (Å²) in [5, 5.41) is 3.95. The van der Waals surface area contributed by atoms with Gasteiger partial charge >= 0.3 is 0 Å². The minimum Gasteiger partial charge on any atom is -0.369 e. The van der Waals surface area contributed by atoms with Crippen molar-refractivity contribution in [3.8, 4) is 11.4 Å². The number of aryl methyl sites for hydroxylation is 1. The Balaban J connectivity index is 1.59.